The summed E-state index contributed by atoms with van der Waals surface area (Å²) in [6.07, 6.45) is 8.87. The zero-order chi connectivity index (χ0) is 19.9. The van der Waals surface area contributed by atoms with E-state index in [2.05, 4.69) is 31.0 Å². The van der Waals surface area contributed by atoms with Crippen LogP contribution in [0.2, 0.25) is 0 Å². The van der Waals surface area contributed by atoms with Crippen LogP contribution in [0.15, 0.2) is 24.3 Å². The number of nitrogens with zero attached hydrogens (tertiary/aromatic N) is 2. The standard InChI is InChI=1S/C23H39N2O2/c1-4-6-7-10-17-24(3)18-19-25(5-2)23(27)22-15-13-21(14-16-22)12-9-8-11-20-26/h13-16H,4-12,17-20H2,1-3H3. The number of amides is 1. The van der Waals surface area contributed by atoms with Crippen molar-refractivity contribution < 1.29 is 9.90 Å². The maximum absolute atomic E-state index is 12.8. The number of likely N-dealkylation sites (N-methyl/N-ethyl adjacent to an activating group) is 2. The Kier molecular flexibility index (Phi) is 12.8. The minimum Gasteiger partial charge on any atom is -0.338 e. The molecular weight excluding hydrogens is 336 g/mol. The van der Waals surface area contributed by atoms with E-state index in [0.717, 1.165) is 57.4 Å². The Bertz CT molecular complexity index is 502. The molecule has 0 aliphatic rings. The molecule has 0 N–H and O–H groups in total. The van der Waals surface area contributed by atoms with Gasteiger partial charge in [-0.2, -0.15) is 0 Å². The van der Waals surface area contributed by atoms with Crippen LogP contribution < -0.4 is 0 Å². The van der Waals surface area contributed by atoms with Gasteiger partial charge in [0.1, 0.15) is 0 Å². The number of carbonyl (C=O) groups excluding carboxylic acids is 1. The summed E-state index contributed by atoms with van der Waals surface area (Å²) in [5.41, 5.74) is 2.01. The monoisotopic (exact) mass is 375 g/mol. The number of rotatable bonds is 15. The number of hydrogen-bond donors (Lipinski definition) is 0. The number of unbranched alkanes of at least 4 members (excludes halogenated alkanes) is 5. The Morgan fingerprint density at radius 3 is 2.19 bits per heavy atom. The van der Waals surface area contributed by atoms with Crippen LogP contribution in [-0.2, 0) is 11.5 Å². The normalized spacial score (nSPS) is 11.1. The van der Waals surface area contributed by atoms with Crippen LogP contribution in [-0.4, -0.2) is 55.5 Å². The Labute approximate surface area is 166 Å². The number of carbonyl (C=O) groups is 1. The molecule has 1 rings (SSSR count). The van der Waals surface area contributed by atoms with E-state index in [1.165, 1.54) is 31.2 Å². The molecule has 0 heterocycles. The zero-order valence-corrected chi connectivity index (χ0v) is 17.7. The van der Waals surface area contributed by atoms with Gasteiger partial charge in [-0.3, -0.25) is 4.79 Å². The van der Waals surface area contributed by atoms with Gasteiger partial charge in [0, 0.05) is 25.2 Å². The molecule has 0 bridgehead atoms. The smallest absolute Gasteiger partial charge is 0.253 e. The van der Waals surface area contributed by atoms with Gasteiger partial charge >= 0.3 is 0 Å². The average Bonchev–Trinajstić information content (AvgIpc) is 2.69. The van der Waals surface area contributed by atoms with E-state index in [1.54, 1.807) is 0 Å². The first-order valence-electron chi connectivity index (χ1n) is 10.8. The summed E-state index contributed by atoms with van der Waals surface area (Å²) in [6, 6.07) is 8.00. The molecule has 0 saturated heterocycles. The van der Waals surface area contributed by atoms with Crippen LogP contribution in [0.1, 0.15) is 74.7 Å². The Hall–Kier alpha value is -1.39. The highest BCUT2D eigenvalue weighted by molar-refractivity contribution is 5.94. The van der Waals surface area contributed by atoms with Gasteiger partial charge in [0.2, 0.25) is 0 Å². The van der Waals surface area contributed by atoms with E-state index in [-0.39, 0.29) is 12.5 Å². The molecule has 0 aromatic heterocycles. The third-order valence-electron chi connectivity index (χ3n) is 5.12. The van der Waals surface area contributed by atoms with Crippen molar-refractivity contribution in [3.05, 3.63) is 35.4 Å². The summed E-state index contributed by atoms with van der Waals surface area (Å²) >= 11 is 0. The van der Waals surface area contributed by atoms with Crippen molar-refractivity contribution in [2.24, 2.45) is 0 Å². The molecule has 4 heteroatoms. The molecule has 1 amide bonds. The molecule has 27 heavy (non-hydrogen) atoms. The number of aryl methyl sites for hydroxylation is 1. The summed E-state index contributed by atoms with van der Waals surface area (Å²) in [7, 11) is 2.14. The second kappa shape index (κ2) is 14.6. The molecule has 1 radical (unpaired) electrons. The largest absolute Gasteiger partial charge is 0.338 e. The zero-order valence-electron chi connectivity index (χ0n) is 17.7. The van der Waals surface area contributed by atoms with Crippen molar-refractivity contribution in [1.29, 1.82) is 0 Å². The van der Waals surface area contributed by atoms with E-state index in [9.17, 15) is 9.90 Å². The molecule has 0 spiro atoms. The molecular formula is C23H39N2O2. The Morgan fingerprint density at radius 1 is 0.852 bits per heavy atom. The van der Waals surface area contributed by atoms with Crippen LogP contribution in [0.3, 0.4) is 0 Å². The third-order valence-corrected chi connectivity index (χ3v) is 5.12. The minimum atomic E-state index is 0.0220. The number of benzene rings is 1. The first-order valence-corrected chi connectivity index (χ1v) is 10.8. The Balaban J connectivity index is 2.42. The van der Waals surface area contributed by atoms with Crippen LogP contribution in [0.5, 0.6) is 0 Å². The van der Waals surface area contributed by atoms with Crippen molar-refractivity contribution in [2.45, 2.75) is 65.2 Å². The maximum Gasteiger partial charge on any atom is 0.253 e. The minimum absolute atomic E-state index is 0.0220. The molecule has 0 aliphatic carbocycles. The van der Waals surface area contributed by atoms with Crippen molar-refractivity contribution in [3.63, 3.8) is 0 Å². The highest BCUT2D eigenvalue weighted by Crippen LogP contribution is 2.11. The Morgan fingerprint density at radius 2 is 1.56 bits per heavy atom. The second-order valence-corrected chi connectivity index (χ2v) is 7.46. The van der Waals surface area contributed by atoms with Gasteiger partial charge in [-0.25, -0.2) is 5.11 Å². The van der Waals surface area contributed by atoms with Crippen LogP contribution >= 0.6 is 0 Å². The lowest BCUT2D eigenvalue weighted by atomic mass is 10.0. The van der Waals surface area contributed by atoms with E-state index in [0.29, 0.717) is 0 Å². The molecule has 0 atom stereocenters. The lowest BCUT2D eigenvalue weighted by Crippen LogP contribution is -2.37. The first kappa shape index (κ1) is 23.6. The first-order chi connectivity index (χ1) is 13.1. The van der Waals surface area contributed by atoms with Crippen LogP contribution in [0.25, 0.3) is 0 Å². The molecule has 153 valence electrons. The molecule has 0 saturated carbocycles. The molecule has 0 fully saturated rings. The SMILES string of the molecule is CCCCCCN(C)CCN(CC)C(=O)c1ccc(CCCCC[O])cc1. The fourth-order valence-corrected chi connectivity index (χ4v) is 3.22. The number of hydrogen-bond acceptors (Lipinski definition) is 2. The molecule has 1 aromatic rings. The molecule has 1 aromatic carbocycles. The highest BCUT2D eigenvalue weighted by Gasteiger charge is 2.14. The van der Waals surface area contributed by atoms with Gasteiger partial charge in [0.05, 0.1) is 6.61 Å². The van der Waals surface area contributed by atoms with Gasteiger partial charge in [-0.05, 0) is 63.9 Å². The highest BCUT2D eigenvalue weighted by atomic mass is 16.2. The third kappa shape index (κ3) is 9.92. The summed E-state index contributed by atoms with van der Waals surface area (Å²) < 4.78 is 0. The van der Waals surface area contributed by atoms with Crippen LogP contribution in [0.4, 0.5) is 0 Å². The fourth-order valence-electron chi connectivity index (χ4n) is 3.22. The van der Waals surface area contributed by atoms with E-state index < -0.39 is 0 Å². The van der Waals surface area contributed by atoms with Gasteiger partial charge in [-0.15, -0.1) is 0 Å². The second-order valence-electron chi connectivity index (χ2n) is 7.46. The summed E-state index contributed by atoms with van der Waals surface area (Å²) in [6.45, 7) is 7.83. The fraction of sp³-hybridized carbons (Fsp3) is 0.696. The van der Waals surface area contributed by atoms with Crippen molar-refractivity contribution in [1.82, 2.24) is 9.80 Å². The van der Waals surface area contributed by atoms with Gasteiger partial charge in [0.15, 0.2) is 0 Å². The van der Waals surface area contributed by atoms with Crippen molar-refractivity contribution >= 4 is 5.91 Å². The lowest BCUT2D eigenvalue weighted by molar-refractivity contribution is 0.0750. The predicted molar refractivity (Wildman–Crippen MR) is 113 cm³/mol. The average molecular weight is 376 g/mol. The van der Waals surface area contributed by atoms with Gasteiger partial charge in [0.25, 0.3) is 5.91 Å². The lowest BCUT2D eigenvalue weighted by Gasteiger charge is -2.25. The molecule has 0 unspecified atom stereocenters. The van der Waals surface area contributed by atoms with Crippen molar-refractivity contribution in [3.8, 4) is 0 Å². The topological polar surface area (TPSA) is 43.5 Å². The summed E-state index contributed by atoms with van der Waals surface area (Å²) in [4.78, 5) is 17.0. The van der Waals surface area contributed by atoms with E-state index >= 15 is 0 Å². The van der Waals surface area contributed by atoms with E-state index in [4.69, 9.17) is 0 Å². The van der Waals surface area contributed by atoms with Crippen molar-refractivity contribution in [2.75, 3.05) is 39.8 Å². The summed E-state index contributed by atoms with van der Waals surface area (Å²) in [5, 5.41) is 10.5. The van der Waals surface area contributed by atoms with Gasteiger partial charge in [-0.1, -0.05) is 44.7 Å². The van der Waals surface area contributed by atoms with E-state index in [1.807, 2.05) is 24.0 Å². The summed E-state index contributed by atoms with van der Waals surface area (Å²) in [5.74, 6) is 0.120. The van der Waals surface area contributed by atoms with Crippen LogP contribution in [0, 0.1) is 0 Å². The quantitative estimate of drug-likeness (QED) is 0.413. The molecule has 4 nitrogen and oxygen atoms in total. The maximum atomic E-state index is 12.8. The molecule has 0 aliphatic heterocycles. The predicted octanol–water partition coefficient (Wildman–Crippen LogP) is 4.80. The van der Waals surface area contributed by atoms with Gasteiger partial charge < -0.3 is 9.80 Å².